The van der Waals surface area contributed by atoms with Crippen LogP contribution in [0.15, 0.2) is 53.4 Å². The van der Waals surface area contributed by atoms with Crippen LogP contribution in [0.5, 0.6) is 5.75 Å². The fraction of sp³-hybridized carbons (Fsp3) is 0.238. The van der Waals surface area contributed by atoms with E-state index in [0.717, 1.165) is 0 Å². The number of carbonyl (C=O) groups excluding carboxylic acids is 2. The number of para-hydroxylation sites is 1. The van der Waals surface area contributed by atoms with Crippen molar-refractivity contribution in [2.75, 3.05) is 7.11 Å². The standard InChI is InChI=1S/C21H20FNO3S/c1-13(2)27-19-18(16-6-4-5-7-17(16)26-3)20(24)23(21(19)25)12-14-8-10-15(22)11-9-14/h4-11,13H,12H2,1-3H3. The van der Waals surface area contributed by atoms with E-state index in [4.69, 9.17) is 4.74 Å². The van der Waals surface area contributed by atoms with Gasteiger partial charge in [-0.3, -0.25) is 14.5 Å². The first-order valence-electron chi connectivity index (χ1n) is 8.57. The third-order valence-electron chi connectivity index (χ3n) is 4.11. The lowest BCUT2D eigenvalue weighted by atomic mass is 10.0. The largest absolute Gasteiger partial charge is 0.496 e. The number of amides is 2. The molecule has 0 radical (unpaired) electrons. The van der Waals surface area contributed by atoms with E-state index in [1.807, 2.05) is 26.0 Å². The molecule has 0 bridgehead atoms. The van der Waals surface area contributed by atoms with Gasteiger partial charge in [0.25, 0.3) is 11.8 Å². The van der Waals surface area contributed by atoms with E-state index in [1.165, 1.54) is 35.9 Å². The molecule has 2 aromatic rings. The molecule has 0 aliphatic carbocycles. The van der Waals surface area contributed by atoms with E-state index in [1.54, 1.807) is 24.3 Å². The summed E-state index contributed by atoms with van der Waals surface area (Å²) in [5.74, 6) is -0.512. The van der Waals surface area contributed by atoms with Crippen LogP contribution in [0.2, 0.25) is 0 Å². The summed E-state index contributed by atoms with van der Waals surface area (Å²) in [6.45, 7) is 4.04. The van der Waals surface area contributed by atoms with Crippen molar-refractivity contribution in [3.8, 4) is 5.75 Å². The van der Waals surface area contributed by atoms with E-state index in [9.17, 15) is 14.0 Å². The van der Waals surface area contributed by atoms with E-state index < -0.39 is 0 Å². The predicted molar refractivity (Wildman–Crippen MR) is 105 cm³/mol. The third-order valence-corrected chi connectivity index (χ3v) is 5.20. The molecule has 6 heteroatoms. The SMILES string of the molecule is COc1ccccc1C1=C(SC(C)C)C(=O)N(Cc2ccc(F)cc2)C1=O. The van der Waals surface area contributed by atoms with Gasteiger partial charge in [0.05, 0.1) is 24.1 Å². The minimum absolute atomic E-state index is 0.0960. The second kappa shape index (κ2) is 7.96. The summed E-state index contributed by atoms with van der Waals surface area (Å²) < 4.78 is 18.5. The summed E-state index contributed by atoms with van der Waals surface area (Å²) in [6.07, 6.45) is 0. The van der Waals surface area contributed by atoms with Gasteiger partial charge in [0.15, 0.2) is 0 Å². The molecule has 140 valence electrons. The number of imide groups is 1. The third kappa shape index (κ3) is 3.90. The minimum Gasteiger partial charge on any atom is -0.496 e. The first kappa shape index (κ1) is 19.2. The van der Waals surface area contributed by atoms with Gasteiger partial charge in [0.2, 0.25) is 0 Å². The number of methoxy groups -OCH3 is 1. The number of halogens is 1. The van der Waals surface area contributed by atoms with Crippen LogP contribution in [-0.4, -0.2) is 29.1 Å². The van der Waals surface area contributed by atoms with Gasteiger partial charge in [-0.15, -0.1) is 11.8 Å². The molecular formula is C21H20FNO3S. The number of nitrogens with zero attached hydrogens (tertiary/aromatic N) is 1. The zero-order chi connectivity index (χ0) is 19.6. The highest BCUT2D eigenvalue weighted by Gasteiger charge is 2.40. The Morgan fingerprint density at radius 3 is 2.33 bits per heavy atom. The number of ether oxygens (including phenoxy) is 1. The average molecular weight is 385 g/mol. The molecule has 0 unspecified atom stereocenters. The topological polar surface area (TPSA) is 46.6 Å². The highest BCUT2D eigenvalue weighted by Crippen LogP contribution is 2.41. The molecule has 0 atom stereocenters. The quantitative estimate of drug-likeness (QED) is 0.697. The van der Waals surface area contributed by atoms with Crippen molar-refractivity contribution in [2.24, 2.45) is 0 Å². The van der Waals surface area contributed by atoms with Gasteiger partial charge in [-0.25, -0.2) is 4.39 Å². The maximum Gasteiger partial charge on any atom is 0.268 e. The average Bonchev–Trinajstić information content (AvgIpc) is 2.87. The molecule has 4 nitrogen and oxygen atoms in total. The highest BCUT2D eigenvalue weighted by molar-refractivity contribution is 8.04. The Hall–Kier alpha value is -2.60. The second-order valence-electron chi connectivity index (χ2n) is 6.39. The molecule has 0 N–H and O–H groups in total. The van der Waals surface area contributed by atoms with Crippen molar-refractivity contribution in [3.05, 3.63) is 70.4 Å². The van der Waals surface area contributed by atoms with Gasteiger partial charge in [-0.2, -0.15) is 0 Å². The Bertz CT molecular complexity index is 906. The number of carbonyl (C=O) groups is 2. The Kier molecular flexibility index (Phi) is 5.65. The maximum atomic E-state index is 13.2. The monoisotopic (exact) mass is 385 g/mol. The lowest BCUT2D eigenvalue weighted by Gasteiger charge is -2.15. The van der Waals surface area contributed by atoms with Crippen molar-refractivity contribution in [1.29, 1.82) is 0 Å². The molecule has 3 rings (SSSR count). The van der Waals surface area contributed by atoms with Crippen LogP contribution in [0.3, 0.4) is 0 Å². The zero-order valence-electron chi connectivity index (χ0n) is 15.4. The van der Waals surface area contributed by atoms with Crippen molar-refractivity contribution >= 4 is 29.1 Å². The van der Waals surface area contributed by atoms with Crippen LogP contribution in [0, 0.1) is 5.82 Å². The number of hydrogen-bond acceptors (Lipinski definition) is 4. The van der Waals surface area contributed by atoms with Gasteiger partial charge in [-0.05, 0) is 23.8 Å². The summed E-state index contributed by atoms with van der Waals surface area (Å²) in [4.78, 5) is 27.8. The second-order valence-corrected chi connectivity index (χ2v) is 7.98. The molecule has 1 heterocycles. The number of hydrogen-bond donors (Lipinski definition) is 0. The highest BCUT2D eigenvalue weighted by atomic mass is 32.2. The Morgan fingerprint density at radius 1 is 1.04 bits per heavy atom. The minimum atomic E-state index is -0.364. The van der Waals surface area contributed by atoms with E-state index in [0.29, 0.717) is 27.4 Å². The lowest BCUT2D eigenvalue weighted by molar-refractivity contribution is -0.137. The molecule has 2 amide bonds. The fourth-order valence-electron chi connectivity index (χ4n) is 2.90. The van der Waals surface area contributed by atoms with Gasteiger partial charge in [-0.1, -0.05) is 44.2 Å². The summed E-state index contributed by atoms with van der Waals surface area (Å²) in [7, 11) is 1.53. The van der Waals surface area contributed by atoms with E-state index >= 15 is 0 Å². The van der Waals surface area contributed by atoms with Crippen molar-refractivity contribution in [1.82, 2.24) is 4.90 Å². The summed E-state index contributed by atoms with van der Waals surface area (Å²) in [6, 6.07) is 13.0. The van der Waals surface area contributed by atoms with Gasteiger partial charge < -0.3 is 4.74 Å². The van der Waals surface area contributed by atoms with E-state index in [-0.39, 0.29) is 29.4 Å². The van der Waals surface area contributed by atoms with Gasteiger partial charge in [0.1, 0.15) is 11.6 Å². The Labute approximate surface area is 162 Å². The molecule has 0 fully saturated rings. The van der Waals surface area contributed by atoms with Crippen LogP contribution in [0.4, 0.5) is 4.39 Å². The maximum absolute atomic E-state index is 13.2. The molecule has 2 aromatic carbocycles. The molecule has 0 aromatic heterocycles. The summed E-state index contributed by atoms with van der Waals surface area (Å²) in [5.41, 5.74) is 1.65. The number of thioether (sulfide) groups is 1. The molecule has 0 saturated heterocycles. The Balaban J connectivity index is 2.02. The molecule has 1 aliphatic heterocycles. The fourth-order valence-corrected chi connectivity index (χ4v) is 3.90. The first-order chi connectivity index (χ1) is 12.9. The normalized spacial score (nSPS) is 14.5. The van der Waals surface area contributed by atoms with Crippen molar-refractivity contribution < 1.29 is 18.7 Å². The van der Waals surface area contributed by atoms with Crippen molar-refractivity contribution in [3.63, 3.8) is 0 Å². The van der Waals surface area contributed by atoms with E-state index in [2.05, 4.69) is 0 Å². The zero-order valence-corrected chi connectivity index (χ0v) is 16.2. The van der Waals surface area contributed by atoms with Crippen LogP contribution < -0.4 is 4.74 Å². The molecular weight excluding hydrogens is 365 g/mol. The van der Waals surface area contributed by atoms with Crippen molar-refractivity contribution in [2.45, 2.75) is 25.6 Å². The first-order valence-corrected chi connectivity index (χ1v) is 9.45. The lowest BCUT2D eigenvalue weighted by Crippen LogP contribution is -2.31. The summed E-state index contributed by atoms with van der Waals surface area (Å²) in [5, 5.41) is 0.132. The number of benzene rings is 2. The molecule has 27 heavy (non-hydrogen) atoms. The Morgan fingerprint density at radius 2 is 1.70 bits per heavy atom. The molecule has 0 spiro atoms. The molecule has 0 saturated carbocycles. The van der Waals surface area contributed by atoms with Crippen LogP contribution in [0.1, 0.15) is 25.0 Å². The van der Waals surface area contributed by atoms with Crippen LogP contribution in [-0.2, 0) is 16.1 Å². The van der Waals surface area contributed by atoms with Gasteiger partial charge in [0, 0.05) is 10.8 Å². The van der Waals surface area contributed by atoms with Gasteiger partial charge >= 0.3 is 0 Å². The number of rotatable bonds is 6. The smallest absolute Gasteiger partial charge is 0.268 e. The van der Waals surface area contributed by atoms with Crippen LogP contribution >= 0.6 is 11.8 Å². The summed E-state index contributed by atoms with van der Waals surface area (Å²) >= 11 is 1.36. The van der Waals surface area contributed by atoms with Crippen LogP contribution in [0.25, 0.3) is 5.57 Å². The molecule has 1 aliphatic rings. The predicted octanol–water partition coefficient (Wildman–Crippen LogP) is 4.26.